The van der Waals surface area contributed by atoms with E-state index in [9.17, 15) is 22.8 Å². The molecule has 2 aromatic rings. The van der Waals surface area contributed by atoms with Crippen LogP contribution in [-0.2, 0) is 26.6 Å². The fourth-order valence-corrected chi connectivity index (χ4v) is 8.21. The van der Waals surface area contributed by atoms with Crippen molar-refractivity contribution in [3.05, 3.63) is 44.9 Å². The molecule has 1 spiro atoms. The zero-order chi connectivity index (χ0) is 22.8. The van der Waals surface area contributed by atoms with E-state index >= 15 is 0 Å². The first-order chi connectivity index (χ1) is 15.1. The molecule has 4 heterocycles. The van der Waals surface area contributed by atoms with Gasteiger partial charge in [-0.15, -0.1) is 11.3 Å². The number of rotatable bonds is 4. The normalized spacial score (nSPS) is 26.6. The van der Waals surface area contributed by atoms with Crippen LogP contribution in [0.3, 0.4) is 0 Å². The number of hydrogen-bond acceptors (Lipinski definition) is 6. The lowest BCUT2D eigenvalue weighted by molar-refractivity contribution is -0.131. The summed E-state index contributed by atoms with van der Waals surface area (Å²) in [5.41, 5.74) is 1.68. The monoisotopic (exact) mass is 475 g/mol. The number of carbonyl (C=O) groups excluding carboxylic acids is 3. The molecular weight excluding hydrogens is 450 g/mol. The topological polar surface area (TPSA) is 106 Å². The zero-order valence-corrected chi connectivity index (χ0v) is 19.6. The second kappa shape index (κ2) is 7.28. The van der Waals surface area contributed by atoms with E-state index in [0.29, 0.717) is 24.1 Å². The molecular formula is C22H25N3O5S2. The Morgan fingerprint density at radius 2 is 2.09 bits per heavy atom. The van der Waals surface area contributed by atoms with Gasteiger partial charge in [-0.25, -0.2) is 13.2 Å². The van der Waals surface area contributed by atoms with Crippen LogP contribution in [0.5, 0.6) is 0 Å². The number of urea groups is 1. The summed E-state index contributed by atoms with van der Waals surface area (Å²) in [4.78, 5) is 41.5. The molecule has 170 valence electrons. The number of aryl methyl sites for hydroxylation is 2. The maximum atomic E-state index is 13.4. The summed E-state index contributed by atoms with van der Waals surface area (Å²) >= 11 is 1.59. The quantitative estimate of drug-likeness (QED) is 0.540. The first kappa shape index (κ1) is 21.4. The summed E-state index contributed by atoms with van der Waals surface area (Å²) in [5.74, 6) is -0.485. The molecule has 0 bridgehead atoms. The summed E-state index contributed by atoms with van der Waals surface area (Å²) in [6.07, 6.45) is 2.73. The minimum Gasteiger partial charge on any atom is -0.344 e. The van der Waals surface area contributed by atoms with Crippen LogP contribution < -0.4 is 5.32 Å². The molecule has 3 amide bonds. The van der Waals surface area contributed by atoms with Crippen molar-refractivity contribution in [1.29, 1.82) is 0 Å². The number of fused-ring (bicyclic) bond motifs is 2. The fourth-order valence-electron chi connectivity index (χ4n) is 5.51. The second-order valence-electron chi connectivity index (χ2n) is 8.97. The maximum Gasteiger partial charge on any atom is 0.325 e. The van der Waals surface area contributed by atoms with Gasteiger partial charge in [-0.1, -0.05) is 0 Å². The molecule has 2 aromatic heterocycles. The molecule has 0 radical (unpaired) electrons. The van der Waals surface area contributed by atoms with Crippen LogP contribution in [0.25, 0.3) is 0 Å². The van der Waals surface area contributed by atoms with E-state index in [1.807, 2.05) is 22.9 Å². The van der Waals surface area contributed by atoms with E-state index in [0.717, 1.165) is 33.9 Å². The lowest BCUT2D eigenvalue weighted by atomic mass is 9.80. The Kier molecular flexibility index (Phi) is 4.86. The van der Waals surface area contributed by atoms with Gasteiger partial charge in [-0.3, -0.25) is 14.5 Å². The van der Waals surface area contributed by atoms with Crippen molar-refractivity contribution in [2.24, 2.45) is 0 Å². The third kappa shape index (κ3) is 3.14. The van der Waals surface area contributed by atoms with Crippen LogP contribution in [0.1, 0.15) is 57.5 Å². The smallest absolute Gasteiger partial charge is 0.325 e. The van der Waals surface area contributed by atoms with E-state index in [2.05, 4.69) is 5.32 Å². The number of ketones is 1. The Balaban J connectivity index is 1.40. The molecule has 3 aliphatic rings. The van der Waals surface area contributed by atoms with Crippen LogP contribution in [0.2, 0.25) is 0 Å². The van der Waals surface area contributed by atoms with Crippen LogP contribution >= 0.6 is 11.3 Å². The van der Waals surface area contributed by atoms with Crippen molar-refractivity contribution in [2.75, 3.05) is 18.1 Å². The maximum absolute atomic E-state index is 13.4. The second-order valence-corrected chi connectivity index (χ2v) is 12.2. The Hall–Kier alpha value is -2.46. The number of hydrogen-bond donors (Lipinski definition) is 1. The van der Waals surface area contributed by atoms with E-state index in [1.54, 1.807) is 24.3 Å². The van der Waals surface area contributed by atoms with Gasteiger partial charge in [0.05, 0.1) is 18.1 Å². The van der Waals surface area contributed by atoms with Crippen LogP contribution in [-0.4, -0.2) is 53.7 Å². The van der Waals surface area contributed by atoms with Gasteiger partial charge in [0.2, 0.25) is 0 Å². The molecule has 2 atom stereocenters. The highest BCUT2D eigenvalue weighted by molar-refractivity contribution is 7.91. The van der Waals surface area contributed by atoms with E-state index in [1.165, 1.54) is 0 Å². The van der Waals surface area contributed by atoms with Gasteiger partial charge >= 0.3 is 6.03 Å². The highest BCUT2D eigenvalue weighted by atomic mass is 32.2. The average Bonchev–Trinajstić information content (AvgIpc) is 3.46. The first-order valence-electron chi connectivity index (χ1n) is 10.8. The van der Waals surface area contributed by atoms with E-state index < -0.39 is 21.4 Å². The van der Waals surface area contributed by atoms with Gasteiger partial charge in [-0.2, -0.15) is 0 Å². The SMILES string of the molecule is Cc1cc(C(=O)CN2C(=O)N[C@@]3(CCCc4sccc43)C2=O)c(C)n1[C@@H]1CCS(=O)(=O)C1. The highest BCUT2D eigenvalue weighted by Gasteiger charge is 2.54. The number of imide groups is 1. The van der Waals surface area contributed by atoms with Gasteiger partial charge in [0.25, 0.3) is 5.91 Å². The summed E-state index contributed by atoms with van der Waals surface area (Å²) in [6, 6.07) is 2.89. The summed E-state index contributed by atoms with van der Waals surface area (Å²) < 4.78 is 25.8. The fraction of sp³-hybridized carbons (Fsp3) is 0.500. The lowest BCUT2D eigenvalue weighted by Crippen LogP contribution is -2.46. The number of sulfone groups is 1. The largest absolute Gasteiger partial charge is 0.344 e. The molecule has 10 heteroatoms. The van der Waals surface area contributed by atoms with Crippen LogP contribution in [0.15, 0.2) is 17.5 Å². The lowest BCUT2D eigenvalue weighted by Gasteiger charge is -2.31. The van der Waals surface area contributed by atoms with Crippen molar-refractivity contribution in [3.63, 3.8) is 0 Å². The minimum absolute atomic E-state index is 0.0650. The third-order valence-electron chi connectivity index (χ3n) is 7.00. The van der Waals surface area contributed by atoms with Crippen molar-refractivity contribution >= 4 is 38.9 Å². The van der Waals surface area contributed by atoms with Gasteiger partial charge in [0.1, 0.15) is 5.54 Å². The molecule has 0 aromatic carbocycles. The number of carbonyl (C=O) groups is 3. The molecule has 8 nitrogen and oxygen atoms in total. The number of amides is 3. The molecule has 2 fully saturated rings. The van der Waals surface area contributed by atoms with E-state index in [-0.39, 0.29) is 35.8 Å². The Morgan fingerprint density at radius 3 is 2.81 bits per heavy atom. The van der Waals surface area contributed by atoms with Crippen molar-refractivity contribution in [3.8, 4) is 0 Å². The molecule has 2 saturated heterocycles. The predicted molar refractivity (Wildman–Crippen MR) is 120 cm³/mol. The number of thiophene rings is 1. The molecule has 2 aliphatic heterocycles. The van der Waals surface area contributed by atoms with Gasteiger partial charge in [0.15, 0.2) is 15.6 Å². The molecule has 5 rings (SSSR count). The van der Waals surface area contributed by atoms with Crippen LogP contribution in [0.4, 0.5) is 4.79 Å². The summed E-state index contributed by atoms with van der Waals surface area (Å²) in [7, 11) is -3.07. The van der Waals surface area contributed by atoms with Crippen molar-refractivity contribution in [2.45, 2.75) is 51.1 Å². The number of Topliss-reactive ketones (excluding diaryl/α,β-unsaturated/α-hetero) is 1. The average molecular weight is 476 g/mol. The molecule has 32 heavy (non-hydrogen) atoms. The summed E-state index contributed by atoms with van der Waals surface area (Å²) in [6.45, 7) is 3.30. The number of nitrogens with zero attached hydrogens (tertiary/aromatic N) is 2. The minimum atomic E-state index is -3.07. The summed E-state index contributed by atoms with van der Waals surface area (Å²) in [5, 5.41) is 4.81. The third-order valence-corrected chi connectivity index (χ3v) is 9.73. The zero-order valence-electron chi connectivity index (χ0n) is 18.0. The van der Waals surface area contributed by atoms with Crippen LogP contribution in [0, 0.1) is 13.8 Å². The first-order valence-corrected chi connectivity index (χ1v) is 13.5. The molecule has 0 unspecified atom stereocenters. The Bertz CT molecular complexity index is 1260. The van der Waals surface area contributed by atoms with E-state index in [4.69, 9.17) is 0 Å². The van der Waals surface area contributed by atoms with Crippen molar-refractivity contribution in [1.82, 2.24) is 14.8 Å². The molecule has 1 N–H and O–H groups in total. The van der Waals surface area contributed by atoms with Gasteiger partial charge < -0.3 is 9.88 Å². The Morgan fingerprint density at radius 1 is 1.31 bits per heavy atom. The van der Waals surface area contributed by atoms with Gasteiger partial charge in [-0.05, 0) is 57.0 Å². The molecule has 1 aliphatic carbocycles. The highest BCUT2D eigenvalue weighted by Crippen LogP contribution is 2.42. The predicted octanol–water partition coefficient (Wildman–Crippen LogP) is 2.49. The van der Waals surface area contributed by atoms with Gasteiger partial charge in [0, 0.05) is 33.4 Å². The standard InChI is InChI=1S/C22H25N3O5S2/c1-13-10-16(14(2)25(13)15-6-9-32(29,30)12-15)18(26)11-24-20(27)22(23-21(24)28)7-3-4-19-17(22)5-8-31-19/h5,8,10,15H,3-4,6-7,9,11-12H2,1-2H3,(H,23,28)/t15-,22-/m1/s1. The van der Waals surface area contributed by atoms with Crippen molar-refractivity contribution < 1.29 is 22.8 Å². The number of nitrogens with one attached hydrogen (secondary N) is 1. The molecule has 0 saturated carbocycles. The Labute approximate surface area is 190 Å². The number of aromatic nitrogens is 1.